The second-order valence-electron chi connectivity index (χ2n) is 7.21. The van der Waals surface area contributed by atoms with Crippen LogP contribution in [0.1, 0.15) is 35.9 Å². The van der Waals surface area contributed by atoms with Crippen LogP contribution >= 0.6 is 11.3 Å². The zero-order valence-electron chi connectivity index (χ0n) is 15.9. The van der Waals surface area contributed by atoms with Crippen molar-refractivity contribution in [2.75, 3.05) is 37.6 Å². The molecule has 4 rings (SSSR count). The third-order valence-electron chi connectivity index (χ3n) is 5.50. The van der Waals surface area contributed by atoms with Gasteiger partial charge in [-0.05, 0) is 36.1 Å². The fourth-order valence-electron chi connectivity index (χ4n) is 3.82. The Hall–Kier alpha value is -2.05. The van der Waals surface area contributed by atoms with Crippen molar-refractivity contribution in [3.8, 4) is 0 Å². The summed E-state index contributed by atoms with van der Waals surface area (Å²) in [6.07, 6.45) is 5.05. The zero-order chi connectivity index (χ0) is 18.6. The van der Waals surface area contributed by atoms with Crippen molar-refractivity contribution in [1.29, 1.82) is 0 Å². The molecule has 1 aromatic carbocycles. The number of fused-ring (bicyclic) bond motifs is 1. The van der Waals surface area contributed by atoms with E-state index in [1.807, 2.05) is 0 Å². The first-order valence-corrected chi connectivity index (χ1v) is 10.6. The Bertz CT molecular complexity index is 836. The van der Waals surface area contributed by atoms with Gasteiger partial charge in [0.15, 0.2) is 0 Å². The van der Waals surface area contributed by atoms with Gasteiger partial charge in [-0.15, -0.1) is 10.2 Å². The molecule has 1 aliphatic carbocycles. The Morgan fingerprint density at radius 1 is 1.15 bits per heavy atom. The van der Waals surface area contributed by atoms with Crippen molar-refractivity contribution >= 4 is 27.8 Å². The highest BCUT2D eigenvalue weighted by Gasteiger charge is 2.20. The van der Waals surface area contributed by atoms with E-state index in [0.29, 0.717) is 12.8 Å². The summed E-state index contributed by atoms with van der Waals surface area (Å²) in [6, 6.07) is 8.48. The predicted octanol–water partition coefficient (Wildman–Crippen LogP) is 3.21. The van der Waals surface area contributed by atoms with E-state index in [9.17, 15) is 4.79 Å². The normalized spacial score (nSPS) is 17.1. The molecule has 0 N–H and O–H groups in total. The van der Waals surface area contributed by atoms with Crippen LogP contribution in [0.3, 0.4) is 0 Å². The maximum Gasteiger partial charge on any atom is 0.208 e. The van der Waals surface area contributed by atoms with E-state index in [-0.39, 0.29) is 5.78 Å². The molecule has 2 aromatic rings. The average Bonchev–Trinajstić information content (AvgIpc) is 3.33. The van der Waals surface area contributed by atoms with Crippen molar-refractivity contribution in [1.82, 2.24) is 15.1 Å². The van der Waals surface area contributed by atoms with Gasteiger partial charge >= 0.3 is 0 Å². The van der Waals surface area contributed by atoms with Gasteiger partial charge in [0.1, 0.15) is 10.8 Å². The number of rotatable bonds is 7. The Kier molecular flexibility index (Phi) is 5.64. The number of carbonyl (C=O) groups excluding carboxylic acids is 1. The Balaban J connectivity index is 1.28. The van der Waals surface area contributed by atoms with Gasteiger partial charge in [0.05, 0.1) is 6.42 Å². The Morgan fingerprint density at radius 2 is 1.96 bits per heavy atom. The van der Waals surface area contributed by atoms with Crippen LogP contribution in [0.5, 0.6) is 0 Å². The first-order chi connectivity index (χ1) is 13.2. The monoisotopic (exact) mass is 382 g/mol. The first-order valence-electron chi connectivity index (χ1n) is 9.81. The number of ketones is 1. The molecule has 5 nitrogen and oxygen atoms in total. The maximum absolute atomic E-state index is 12.4. The number of Topliss-reactive ketones (excluding diaryl/α,β-unsaturated/α-hetero) is 1. The van der Waals surface area contributed by atoms with E-state index in [1.54, 1.807) is 11.3 Å². The number of aromatic nitrogens is 2. The minimum Gasteiger partial charge on any atom is -0.344 e. The van der Waals surface area contributed by atoms with Crippen LogP contribution < -0.4 is 4.90 Å². The van der Waals surface area contributed by atoms with E-state index in [2.05, 4.69) is 57.3 Å². The molecule has 1 aromatic heterocycles. The van der Waals surface area contributed by atoms with Crippen LogP contribution in [-0.2, 0) is 17.6 Å². The fraction of sp³-hybridized carbons (Fsp3) is 0.476. The van der Waals surface area contributed by atoms with Gasteiger partial charge < -0.3 is 9.80 Å². The number of benzene rings is 1. The lowest BCUT2D eigenvalue weighted by atomic mass is 10.0. The van der Waals surface area contributed by atoms with Gasteiger partial charge in [-0.1, -0.05) is 48.6 Å². The standard InChI is InChI=1S/C21H26N4OS/c1-2-24-11-13-25(14-12-24)21-23-22-20(27-21)15-18(26)10-9-17-8-7-16-5-3-4-6-19(16)17/h3-6,8H,2,7,9-15H2,1H3. The molecule has 142 valence electrons. The van der Waals surface area contributed by atoms with Crippen molar-refractivity contribution in [2.24, 2.45) is 0 Å². The Labute approximate surface area is 164 Å². The molecule has 1 saturated heterocycles. The number of likely N-dealkylation sites (N-methyl/N-ethyl adjacent to an activating group) is 1. The van der Waals surface area contributed by atoms with Crippen LogP contribution in [0, 0.1) is 0 Å². The molecule has 6 heteroatoms. The number of carbonyl (C=O) groups is 1. The molecule has 0 saturated carbocycles. The number of nitrogens with zero attached hydrogens (tertiary/aromatic N) is 4. The molecule has 0 unspecified atom stereocenters. The highest BCUT2D eigenvalue weighted by Crippen LogP contribution is 2.30. The number of anilines is 1. The van der Waals surface area contributed by atoms with E-state index >= 15 is 0 Å². The van der Waals surface area contributed by atoms with Gasteiger partial charge in [-0.25, -0.2) is 0 Å². The minimum atomic E-state index is 0.249. The molecule has 0 spiro atoms. The van der Waals surface area contributed by atoms with E-state index < -0.39 is 0 Å². The van der Waals surface area contributed by atoms with Crippen molar-refractivity contribution < 1.29 is 4.79 Å². The van der Waals surface area contributed by atoms with Crippen molar-refractivity contribution in [2.45, 2.75) is 32.6 Å². The SMILES string of the molecule is CCN1CCN(c2nnc(CC(=O)CCC3=CCc4ccccc43)s2)CC1. The smallest absolute Gasteiger partial charge is 0.208 e. The molecule has 0 amide bonds. The molecule has 0 atom stereocenters. The molecule has 0 bridgehead atoms. The highest BCUT2D eigenvalue weighted by molar-refractivity contribution is 7.15. The zero-order valence-corrected chi connectivity index (χ0v) is 16.7. The highest BCUT2D eigenvalue weighted by atomic mass is 32.1. The minimum absolute atomic E-state index is 0.249. The molecule has 2 aliphatic rings. The molecular formula is C21H26N4OS. The fourth-order valence-corrected chi connectivity index (χ4v) is 4.74. The van der Waals surface area contributed by atoms with E-state index in [1.165, 1.54) is 16.7 Å². The second-order valence-corrected chi connectivity index (χ2v) is 8.25. The van der Waals surface area contributed by atoms with E-state index in [0.717, 1.165) is 55.7 Å². The summed E-state index contributed by atoms with van der Waals surface area (Å²) >= 11 is 1.57. The van der Waals surface area contributed by atoms with Gasteiger partial charge in [0.2, 0.25) is 5.13 Å². The lowest BCUT2D eigenvalue weighted by Gasteiger charge is -2.33. The average molecular weight is 383 g/mol. The molecular weight excluding hydrogens is 356 g/mol. The summed E-state index contributed by atoms with van der Waals surface area (Å²) in [5, 5.41) is 10.4. The number of allylic oxidation sites excluding steroid dienone is 2. The molecule has 2 heterocycles. The van der Waals surface area contributed by atoms with Gasteiger partial charge in [-0.3, -0.25) is 4.79 Å². The molecule has 1 aliphatic heterocycles. The molecule has 1 fully saturated rings. The predicted molar refractivity (Wildman–Crippen MR) is 110 cm³/mol. The van der Waals surface area contributed by atoms with Crippen LogP contribution in [0.2, 0.25) is 0 Å². The number of piperazine rings is 1. The number of hydrogen-bond acceptors (Lipinski definition) is 6. The summed E-state index contributed by atoms with van der Waals surface area (Å²) in [7, 11) is 0. The first kappa shape index (κ1) is 18.3. The third-order valence-corrected chi connectivity index (χ3v) is 6.48. The quantitative estimate of drug-likeness (QED) is 0.736. The van der Waals surface area contributed by atoms with Crippen LogP contribution in [-0.4, -0.2) is 53.6 Å². The molecule has 27 heavy (non-hydrogen) atoms. The lowest BCUT2D eigenvalue weighted by Crippen LogP contribution is -2.46. The summed E-state index contributed by atoms with van der Waals surface area (Å²) in [5.74, 6) is 0.249. The lowest BCUT2D eigenvalue weighted by molar-refractivity contribution is -0.118. The summed E-state index contributed by atoms with van der Waals surface area (Å²) in [5.41, 5.74) is 4.00. The topological polar surface area (TPSA) is 49.3 Å². The summed E-state index contributed by atoms with van der Waals surface area (Å²) in [6.45, 7) is 7.42. The number of hydrogen-bond donors (Lipinski definition) is 0. The van der Waals surface area contributed by atoms with Gasteiger partial charge in [0, 0.05) is 32.6 Å². The van der Waals surface area contributed by atoms with E-state index in [4.69, 9.17) is 0 Å². The third kappa shape index (κ3) is 4.28. The molecule has 0 radical (unpaired) electrons. The summed E-state index contributed by atoms with van der Waals surface area (Å²) in [4.78, 5) is 17.2. The van der Waals surface area contributed by atoms with Gasteiger partial charge in [0.25, 0.3) is 0 Å². The van der Waals surface area contributed by atoms with Crippen LogP contribution in [0.15, 0.2) is 30.3 Å². The maximum atomic E-state index is 12.4. The Morgan fingerprint density at radius 3 is 2.78 bits per heavy atom. The largest absolute Gasteiger partial charge is 0.344 e. The van der Waals surface area contributed by atoms with Crippen molar-refractivity contribution in [3.63, 3.8) is 0 Å². The van der Waals surface area contributed by atoms with Gasteiger partial charge in [-0.2, -0.15) is 0 Å². The van der Waals surface area contributed by atoms with Crippen LogP contribution in [0.25, 0.3) is 5.57 Å². The van der Waals surface area contributed by atoms with Crippen molar-refractivity contribution in [3.05, 3.63) is 46.5 Å². The van der Waals surface area contributed by atoms with Crippen LogP contribution in [0.4, 0.5) is 5.13 Å². The summed E-state index contributed by atoms with van der Waals surface area (Å²) < 4.78 is 0. The second kappa shape index (κ2) is 8.31.